The highest BCUT2D eigenvalue weighted by Crippen LogP contribution is 2.27. The van der Waals surface area contributed by atoms with Gasteiger partial charge in [-0.1, -0.05) is 48.5 Å². The predicted octanol–water partition coefficient (Wildman–Crippen LogP) is 3.63. The Balaban J connectivity index is 1.84. The van der Waals surface area contributed by atoms with Crippen LogP contribution in [0.2, 0.25) is 0 Å². The quantitative estimate of drug-likeness (QED) is 0.678. The van der Waals surface area contributed by atoms with E-state index in [2.05, 4.69) is 5.32 Å². The lowest BCUT2D eigenvalue weighted by molar-refractivity contribution is -0.114. The zero-order valence-electron chi connectivity index (χ0n) is 15.7. The third kappa shape index (κ3) is 5.00. The number of sulfonamides is 1. The fraction of sp³-hybridized carbons (Fsp3) is 0.0909. The molecule has 1 amide bonds. The van der Waals surface area contributed by atoms with Crippen LogP contribution in [0.5, 0.6) is 0 Å². The molecule has 0 aliphatic rings. The topological polar surface area (TPSA) is 90.3 Å². The van der Waals surface area contributed by atoms with Crippen molar-refractivity contribution in [2.75, 3.05) is 22.4 Å². The smallest absolute Gasteiger partial charge is 0.245 e. The average molecular weight is 405 g/mol. The van der Waals surface area contributed by atoms with E-state index in [1.807, 2.05) is 48.5 Å². The van der Waals surface area contributed by atoms with Crippen LogP contribution in [0.25, 0.3) is 11.1 Å². The van der Waals surface area contributed by atoms with Gasteiger partial charge in [0.15, 0.2) is 0 Å². The van der Waals surface area contributed by atoms with Gasteiger partial charge in [0.1, 0.15) is 6.54 Å². The van der Waals surface area contributed by atoms with Crippen molar-refractivity contribution in [1.29, 1.82) is 5.26 Å². The Hall–Kier alpha value is -3.63. The van der Waals surface area contributed by atoms with Crippen LogP contribution in [0.15, 0.2) is 78.9 Å². The number of carbonyl (C=O) groups excluding carboxylic acids is 1. The Kier molecular flexibility index (Phi) is 5.96. The molecule has 7 heteroatoms. The van der Waals surface area contributed by atoms with Crippen LogP contribution in [0.3, 0.4) is 0 Å². The highest BCUT2D eigenvalue weighted by atomic mass is 32.2. The molecule has 0 atom stereocenters. The van der Waals surface area contributed by atoms with Crippen LogP contribution in [-0.2, 0) is 14.8 Å². The number of para-hydroxylation sites is 1. The number of hydrogen-bond donors (Lipinski definition) is 1. The number of nitriles is 1. The van der Waals surface area contributed by atoms with Crippen molar-refractivity contribution < 1.29 is 13.2 Å². The molecule has 146 valence electrons. The van der Waals surface area contributed by atoms with Gasteiger partial charge in [-0.3, -0.25) is 9.10 Å². The Labute approximate surface area is 170 Å². The number of benzene rings is 3. The maximum atomic E-state index is 12.7. The van der Waals surface area contributed by atoms with Gasteiger partial charge in [0, 0.05) is 11.3 Å². The second kappa shape index (κ2) is 8.59. The zero-order chi connectivity index (χ0) is 20.9. The summed E-state index contributed by atoms with van der Waals surface area (Å²) < 4.78 is 25.5. The van der Waals surface area contributed by atoms with Gasteiger partial charge in [-0.2, -0.15) is 5.26 Å². The maximum absolute atomic E-state index is 12.7. The van der Waals surface area contributed by atoms with E-state index in [-0.39, 0.29) is 6.54 Å². The van der Waals surface area contributed by atoms with Crippen LogP contribution >= 0.6 is 0 Å². The Morgan fingerprint density at radius 1 is 0.966 bits per heavy atom. The van der Waals surface area contributed by atoms with E-state index < -0.39 is 15.9 Å². The summed E-state index contributed by atoms with van der Waals surface area (Å²) in [6, 6.07) is 24.9. The third-order valence-electron chi connectivity index (χ3n) is 4.26. The zero-order valence-corrected chi connectivity index (χ0v) is 16.6. The summed E-state index contributed by atoms with van der Waals surface area (Å²) in [6.45, 7) is -0.381. The first kappa shape index (κ1) is 20.1. The van der Waals surface area contributed by atoms with Gasteiger partial charge in [0.2, 0.25) is 15.9 Å². The summed E-state index contributed by atoms with van der Waals surface area (Å²) in [6.07, 6.45) is 1.04. The number of nitrogens with zero attached hydrogens (tertiary/aromatic N) is 2. The van der Waals surface area contributed by atoms with Crippen LogP contribution < -0.4 is 9.62 Å². The highest BCUT2D eigenvalue weighted by molar-refractivity contribution is 7.92. The fourth-order valence-corrected chi connectivity index (χ4v) is 3.74. The lowest BCUT2D eigenvalue weighted by atomic mass is 10.0. The van der Waals surface area contributed by atoms with Gasteiger partial charge >= 0.3 is 0 Å². The minimum absolute atomic E-state index is 0.318. The first-order valence-electron chi connectivity index (χ1n) is 8.80. The van der Waals surface area contributed by atoms with Crippen molar-refractivity contribution in [2.45, 2.75) is 0 Å². The summed E-state index contributed by atoms with van der Waals surface area (Å²) in [7, 11) is -3.70. The molecule has 1 N–H and O–H groups in total. The minimum Gasteiger partial charge on any atom is -0.324 e. The van der Waals surface area contributed by atoms with E-state index in [1.54, 1.807) is 12.1 Å². The summed E-state index contributed by atoms with van der Waals surface area (Å²) >= 11 is 0. The normalized spacial score (nSPS) is 10.8. The molecule has 3 aromatic rings. The largest absolute Gasteiger partial charge is 0.324 e. The van der Waals surface area contributed by atoms with Crippen molar-refractivity contribution in [2.24, 2.45) is 0 Å². The average Bonchev–Trinajstić information content (AvgIpc) is 2.72. The molecule has 3 rings (SSSR count). The molecule has 0 heterocycles. The molecule has 29 heavy (non-hydrogen) atoms. The molecule has 0 spiro atoms. The summed E-state index contributed by atoms with van der Waals surface area (Å²) in [5, 5.41) is 11.7. The number of hydrogen-bond acceptors (Lipinski definition) is 4. The second-order valence-electron chi connectivity index (χ2n) is 6.39. The molecule has 3 aromatic carbocycles. The molecule has 0 unspecified atom stereocenters. The summed E-state index contributed by atoms with van der Waals surface area (Å²) in [4.78, 5) is 12.7. The van der Waals surface area contributed by atoms with Crippen LogP contribution in [0.1, 0.15) is 5.56 Å². The molecule has 0 saturated carbocycles. The van der Waals surface area contributed by atoms with E-state index in [4.69, 9.17) is 5.26 Å². The van der Waals surface area contributed by atoms with Crippen molar-refractivity contribution in [3.63, 3.8) is 0 Å². The van der Waals surface area contributed by atoms with E-state index in [1.165, 1.54) is 24.3 Å². The number of nitrogens with one attached hydrogen (secondary N) is 1. The molecule has 0 bridgehead atoms. The van der Waals surface area contributed by atoms with Crippen molar-refractivity contribution in [3.8, 4) is 17.2 Å². The number of anilines is 2. The van der Waals surface area contributed by atoms with Crippen molar-refractivity contribution >= 4 is 27.3 Å². The standard InChI is InChI=1S/C22H19N3O3S/c1-29(27,28)25(19-13-11-17(15-23)12-14-19)16-22(26)24-21-10-6-5-9-20(21)18-7-3-2-4-8-18/h2-14H,16H2,1H3,(H,24,26). The van der Waals surface area contributed by atoms with Crippen LogP contribution in [0.4, 0.5) is 11.4 Å². The maximum Gasteiger partial charge on any atom is 0.245 e. The Morgan fingerprint density at radius 2 is 1.59 bits per heavy atom. The van der Waals surface area contributed by atoms with Gasteiger partial charge in [0.05, 0.1) is 23.6 Å². The van der Waals surface area contributed by atoms with Crippen molar-refractivity contribution in [3.05, 3.63) is 84.4 Å². The molecule has 0 radical (unpaired) electrons. The van der Waals surface area contributed by atoms with E-state index in [0.717, 1.165) is 21.7 Å². The van der Waals surface area contributed by atoms with Gasteiger partial charge in [-0.05, 0) is 35.9 Å². The minimum atomic E-state index is -3.70. The third-order valence-corrected chi connectivity index (χ3v) is 5.40. The Morgan fingerprint density at radius 3 is 2.21 bits per heavy atom. The first-order valence-corrected chi connectivity index (χ1v) is 10.7. The van der Waals surface area contributed by atoms with E-state index in [0.29, 0.717) is 16.9 Å². The molecule has 6 nitrogen and oxygen atoms in total. The monoisotopic (exact) mass is 405 g/mol. The van der Waals surface area contributed by atoms with E-state index >= 15 is 0 Å². The fourth-order valence-electron chi connectivity index (χ4n) is 2.88. The van der Waals surface area contributed by atoms with Crippen LogP contribution in [0, 0.1) is 11.3 Å². The van der Waals surface area contributed by atoms with Gasteiger partial charge < -0.3 is 5.32 Å². The lowest BCUT2D eigenvalue weighted by Crippen LogP contribution is -2.37. The van der Waals surface area contributed by atoms with Crippen LogP contribution in [-0.4, -0.2) is 27.1 Å². The molecule has 0 aromatic heterocycles. The number of rotatable bonds is 6. The molecule has 0 fully saturated rings. The molecule has 0 aliphatic heterocycles. The molecular formula is C22H19N3O3S. The second-order valence-corrected chi connectivity index (χ2v) is 8.29. The van der Waals surface area contributed by atoms with Gasteiger partial charge in [0.25, 0.3) is 0 Å². The highest BCUT2D eigenvalue weighted by Gasteiger charge is 2.21. The van der Waals surface area contributed by atoms with Crippen molar-refractivity contribution in [1.82, 2.24) is 0 Å². The number of amides is 1. The molecule has 0 saturated heterocycles. The summed E-state index contributed by atoms with van der Waals surface area (Å²) in [5.74, 6) is -0.469. The molecular weight excluding hydrogens is 386 g/mol. The Bertz CT molecular complexity index is 1150. The predicted molar refractivity (Wildman–Crippen MR) is 114 cm³/mol. The van der Waals surface area contributed by atoms with Gasteiger partial charge in [-0.25, -0.2) is 8.42 Å². The van der Waals surface area contributed by atoms with E-state index in [9.17, 15) is 13.2 Å². The SMILES string of the molecule is CS(=O)(=O)N(CC(=O)Nc1ccccc1-c1ccccc1)c1ccc(C#N)cc1. The van der Waals surface area contributed by atoms with Gasteiger partial charge in [-0.15, -0.1) is 0 Å². The number of carbonyl (C=O) groups is 1. The summed E-state index contributed by atoms with van der Waals surface area (Å²) in [5.41, 5.74) is 3.10. The first-order chi connectivity index (χ1) is 13.9. The lowest BCUT2D eigenvalue weighted by Gasteiger charge is -2.22. The molecule has 0 aliphatic carbocycles.